The monoisotopic (exact) mass is 628 g/mol. The molecule has 1 aliphatic rings. The summed E-state index contributed by atoms with van der Waals surface area (Å²) in [5.41, 5.74) is 12.2. The molecule has 1 aliphatic heterocycles. The van der Waals surface area contributed by atoms with Crippen LogP contribution < -0.4 is 16.0 Å². The molecule has 7 aromatic rings. The highest BCUT2D eigenvalue weighted by Crippen LogP contribution is 2.47. The molecule has 6 heterocycles. The van der Waals surface area contributed by atoms with Crippen LogP contribution in [0, 0.1) is 13.8 Å². The molecular formula is C34H32N10O3. The van der Waals surface area contributed by atoms with Crippen LogP contribution in [0.15, 0.2) is 66.0 Å². The number of nitrogens with zero attached hydrogens (tertiary/aromatic N) is 9. The van der Waals surface area contributed by atoms with E-state index in [1.54, 1.807) is 26.3 Å². The number of fused-ring (bicyclic) bond motifs is 3. The van der Waals surface area contributed by atoms with E-state index in [-0.39, 0.29) is 23.7 Å². The number of aromatic nitrogens is 9. The van der Waals surface area contributed by atoms with Crippen molar-refractivity contribution in [1.29, 1.82) is 0 Å². The second kappa shape index (κ2) is 10.0. The predicted octanol–water partition coefficient (Wildman–Crippen LogP) is 4.38. The first-order valence-electron chi connectivity index (χ1n) is 15.2. The number of ether oxygens (including phenoxy) is 1. The summed E-state index contributed by atoms with van der Waals surface area (Å²) in [6.45, 7) is 7.93. The molecule has 2 aromatic carbocycles. The maximum absolute atomic E-state index is 14.7. The molecule has 0 radical (unpaired) electrons. The van der Waals surface area contributed by atoms with Crippen molar-refractivity contribution in [1.82, 2.24) is 43.9 Å². The second-order valence-corrected chi connectivity index (χ2v) is 12.6. The molecule has 0 amide bonds. The smallest absolute Gasteiger partial charge is 0.281 e. The minimum absolute atomic E-state index is 0.0646. The first kappa shape index (κ1) is 28.5. The van der Waals surface area contributed by atoms with Crippen molar-refractivity contribution in [2.24, 2.45) is 7.05 Å². The van der Waals surface area contributed by atoms with Gasteiger partial charge in [0.1, 0.15) is 30.0 Å². The van der Waals surface area contributed by atoms with Gasteiger partial charge in [0.05, 0.1) is 22.5 Å². The summed E-state index contributed by atoms with van der Waals surface area (Å²) in [6, 6.07) is 13.0. The van der Waals surface area contributed by atoms with Crippen LogP contribution >= 0.6 is 0 Å². The quantitative estimate of drug-likeness (QED) is 0.282. The van der Waals surface area contributed by atoms with Gasteiger partial charge in [0.25, 0.3) is 5.56 Å². The fraction of sp³-hybridized carbons (Fsp3) is 0.235. The van der Waals surface area contributed by atoms with Crippen LogP contribution in [0.1, 0.15) is 36.6 Å². The van der Waals surface area contributed by atoms with Crippen molar-refractivity contribution in [2.45, 2.75) is 46.3 Å². The largest absolute Gasteiger partial charge is 0.504 e. The topological polar surface area (TPSA) is 157 Å². The number of rotatable bonds is 5. The summed E-state index contributed by atoms with van der Waals surface area (Å²) in [4.78, 5) is 28.6. The van der Waals surface area contributed by atoms with E-state index in [1.165, 1.54) is 6.33 Å². The average molecular weight is 629 g/mol. The Bertz CT molecular complexity index is 2450. The number of hydrogen-bond donors (Lipinski definition) is 2. The third-order valence-electron chi connectivity index (χ3n) is 8.72. The summed E-state index contributed by atoms with van der Waals surface area (Å²) in [6.07, 6.45) is 5.58. The van der Waals surface area contributed by atoms with Crippen LogP contribution in [0.4, 0.5) is 5.82 Å². The lowest BCUT2D eigenvalue weighted by molar-refractivity contribution is 0.134. The Kier molecular flexibility index (Phi) is 6.07. The van der Waals surface area contributed by atoms with Gasteiger partial charge in [-0.15, -0.1) is 0 Å². The van der Waals surface area contributed by atoms with Gasteiger partial charge in [-0.25, -0.2) is 19.6 Å². The summed E-state index contributed by atoms with van der Waals surface area (Å²) in [5, 5.41) is 21.0. The van der Waals surface area contributed by atoms with E-state index in [9.17, 15) is 9.90 Å². The molecule has 3 N–H and O–H groups in total. The molecule has 0 fully saturated rings. The minimum atomic E-state index is -0.511. The van der Waals surface area contributed by atoms with Crippen LogP contribution in [-0.2, 0) is 20.0 Å². The highest BCUT2D eigenvalue weighted by Gasteiger charge is 2.35. The summed E-state index contributed by atoms with van der Waals surface area (Å²) in [5.74, 6) is 1.20. The van der Waals surface area contributed by atoms with E-state index in [1.807, 2.05) is 82.0 Å². The Balaban J connectivity index is 1.37. The van der Waals surface area contributed by atoms with Gasteiger partial charge in [0.2, 0.25) is 0 Å². The minimum Gasteiger partial charge on any atom is -0.504 e. The van der Waals surface area contributed by atoms with Gasteiger partial charge >= 0.3 is 0 Å². The fourth-order valence-corrected chi connectivity index (χ4v) is 6.68. The Labute approximate surface area is 268 Å². The van der Waals surface area contributed by atoms with Gasteiger partial charge < -0.3 is 15.6 Å². The Morgan fingerprint density at radius 3 is 2.53 bits per heavy atom. The summed E-state index contributed by atoms with van der Waals surface area (Å²) < 4.78 is 13.0. The molecule has 13 heteroatoms. The predicted molar refractivity (Wildman–Crippen MR) is 177 cm³/mol. The van der Waals surface area contributed by atoms with E-state index < -0.39 is 5.60 Å². The third kappa shape index (κ3) is 4.37. The van der Waals surface area contributed by atoms with E-state index in [0.717, 1.165) is 33.6 Å². The van der Waals surface area contributed by atoms with Gasteiger partial charge in [0.15, 0.2) is 23.0 Å². The lowest BCUT2D eigenvalue weighted by Gasteiger charge is -2.19. The number of nitrogen functional groups attached to an aromatic ring is 1. The van der Waals surface area contributed by atoms with E-state index in [0.29, 0.717) is 45.6 Å². The number of phenols is 1. The molecule has 0 bridgehead atoms. The Morgan fingerprint density at radius 2 is 1.79 bits per heavy atom. The molecule has 47 heavy (non-hydrogen) atoms. The maximum atomic E-state index is 14.7. The molecule has 236 valence electrons. The molecule has 0 unspecified atom stereocenters. The van der Waals surface area contributed by atoms with Crippen LogP contribution in [0.5, 0.6) is 11.5 Å². The number of nitrogens with two attached hydrogens (primary N) is 1. The first-order valence-corrected chi connectivity index (χ1v) is 15.2. The van der Waals surface area contributed by atoms with Crippen LogP contribution in [0.25, 0.3) is 44.3 Å². The number of hydrogen-bond acceptors (Lipinski definition) is 9. The molecule has 0 atom stereocenters. The van der Waals surface area contributed by atoms with Gasteiger partial charge in [-0.3, -0.25) is 14.2 Å². The van der Waals surface area contributed by atoms with Gasteiger partial charge in [-0.2, -0.15) is 14.9 Å². The highest BCUT2D eigenvalue weighted by atomic mass is 16.5. The highest BCUT2D eigenvalue weighted by molar-refractivity contribution is 5.99. The Hall–Kier alpha value is -5.98. The third-order valence-corrected chi connectivity index (χ3v) is 8.72. The van der Waals surface area contributed by atoms with E-state index >= 15 is 0 Å². The zero-order valence-electron chi connectivity index (χ0n) is 26.6. The van der Waals surface area contributed by atoms with Crippen molar-refractivity contribution < 1.29 is 9.84 Å². The van der Waals surface area contributed by atoms with Crippen LogP contribution in [0.3, 0.4) is 0 Å². The molecule has 5 aromatic heterocycles. The van der Waals surface area contributed by atoms with Gasteiger partial charge in [-0.1, -0.05) is 12.1 Å². The van der Waals surface area contributed by atoms with Gasteiger partial charge in [-0.05, 0) is 63.6 Å². The van der Waals surface area contributed by atoms with Crippen LogP contribution in [-0.4, -0.2) is 54.6 Å². The zero-order chi connectivity index (χ0) is 32.8. The molecule has 0 saturated heterocycles. The molecule has 8 rings (SSSR count). The Morgan fingerprint density at radius 1 is 1.00 bits per heavy atom. The van der Waals surface area contributed by atoms with Crippen LogP contribution in [0.2, 0.25) is 0 Å². The molecule has 0 aliphatic carbocycles. The molecule has 0 spiro atoms. The summed E-state index contributed by atoms with van der Waals surface area (Å²) in [7, 11) is 1.84. The number of aryl methyl sites for hydroxylation is 3. The number of benzene rings is 2. The number of anilines is 1. The van der Waals surface area contributed by atoms with E-state index in [2.05, 4.69) is 15.1 Å². The molecule has 0 saturated carbocycles. The number of phenolic OH excluding ortho intramolecular Hbond substituents is 1. The lowest BCUT2D eigenvalue weighted by atomic mass is 9.95. The van der Waals surface area contributed by atoms with Crippen molar-refractivity contribution in [3.8, 4) is 33.9 Å². The lowest BCUT2D eigenvalue weighted by Crippen LogP contribution is -2.33. The normalized spacial score (nSPS) is 13.8. The summed E-state index contributed by atoms with van der Waals surface area (Å²) >= 11 is 0. The molecule has 13 nitrogen and oxygen atoms in total. The van der Waals surface area contributed by atoms with Crippen molar-refractivity contribution in [2.75, 3.05) is 5.73 Å². The van der Waals surface area contributed by atoms with Crippen molar-refractivity contribution in [3.05, 3.63) is 94.3 Å². The SMILES string of the molecule is Cc1ccc(C)n1-n1c(Cn2nc(-c3ccc(O)c4c3CC(C)(C)O4)c3c(N)ncnc32)nc2cccc(-c3cnn(C)c3)c2c1=O. The number of aromatic hydroxyl groups is 1. The van der Waals surface area contributed by atoms with Gasteiger partial charge in [0, 0.05) is 47.7 Å². The van der Waals surface area contributed by atoms with Crippen molar-refractivity contribution >= 4 is 27.8 Å². The van der Waals surface area contributed by atoms with E-state index in [4.69, 9.17) is 20.6 Å². The maximum Gasteiger partial charge on any atom is 0.281 e. The van der Waals surface area contributed by atoms with Crippen molar-refractivity contribution in [3.63, 3.8) is 0 Å². The first-order chi connectivity index (χ1) is 22.5. The average Bonchev–Trinajstić information content (AvgIpc) is 3.79. The standard InChI is InChI=1S/C34H32N10O3/c1-18-9-10-19(2)43(18)44-26(39-24-8-6-7-21(27(24)33(44)46)20-14-38-41(5)15-20)16-42-32-28(31(35)36-17-37-32)29(40-42)22-11-12-25(45)30-23(22)13-34(3,4)47-30/h6-12,14-15,17,45H,13,16H2,1-5H3,(H2,35,36,37). The fourth-order valence-electron chi connectivity index (χ4n) is 6.68. The molecular weight excluding hydrogens is 596 g/mol. The zero-order valence-corrected chi connectivity index (χ0v) is 26.6. The second-order valence-electron chi connectivity index (χ2n) is 12.6.